The first-order valence-corrected chi connectivity index (χ1v) is 7.03. The van der Waals surface area contributed by atoms with E-state index in [0.29, 0.717) is 6.61 Å². The van der Waals surface area contributed by atoms with Gasteiger partial charge in [0.2, 0.25) is 0 Å². The molecule has 3 rings (SSSR count). The first-order chi connectivity index (χ1) is 10.2. The Hall–Kier alpha value is -2.11. The SMILES string of the molecule is O=C(NOC1CCCCO1)c1cc2ccccc2cc1O. The maximum absolute atomic E-state index is 12.1. The number of rotatable bonds is 3. The summed E-state index contributed by atoms with van der Waals surface area (Å²) in [6, 6.07) is 10.7. The third kappa shape index (κ3) is 3.15. The first kappa shape index (κ1) is 13.9. The molecule has 1 unspecified atom stereocenters. The number of fused-ring (bicyclic) bond motifs is 1. The Labute approximate surface area is 122 Å². The van der Waals surface area contributed by atoms with Gasteiger partial charge in [-0.25, -0.2) is 10.3 Å². The van der Waals surface area contributed by atoms with Gasteiger partial charge in [0.1, 0.15) is 5.75 Å². The zero-order valence-electron chi connectivity index (χ0n) is 11.5. The molecule has 1 aliphatic heterocycles. The molecule has 1 fully saturated rings. The van der Waals surface area contributed by atoms with Crippen LogP contribution in [0.5, 0.6) is 5.75 Å². The van der Waals surface area contributed by atoms with Crippen molar-refractivity contribution in [2.45, 2.75) is 25.6 Å². The van der Waals surface area contributed by atoms with Crippen molar-refractivity contribution in [3.8, 4) is 5.75 Å². The van der Waals surface area contributed by atoms with E-state index in [1.54, 1.807) is 12.1 Å². The Balaban J connectivity index is 1.73. The topological polar surface area (TPSA) is 67.8 Å². The molecule has 0 radical (unpaired) electrons. The summed E-state index contributed by atoms with van der Waals surface area (Å²) >= 11 is 0. The Kier molecular flexibility index (Phi) is 4.03. The van der Waals surface area contributed by atoms with Gasteiger partial charge in [0.05, 0.1) is 5.56 Å². The van der Waals surface area contributed by atoms with Gasteiger partial charge in [-0.15, -0.1) is 0 Å². The average molecular weight is 287 g/mol. The molecule has 21 heavy (non-hydrogen) atoms. The van der Waals surface area contributed by atoms with Gasteiger partial charge in [-0.05, 0) is 35.7 Å². The van der Waals surface area contributed by atoms with E-state index in [-0.39, 0.29) is 11.3 Å². The number of ether oxygens (including phenoxy) is 1. The van der Waals surface area contributed by atoms with Gasteiger partial charge in [-0.1, -0.05) is 24.3 Å². The lowest BCUT2D eigenvalue weighted by atomic mass is 10.1. The van der Waals surface area contributed by atoms with Gasteiger partial charge in [-0.2, -0.15) is 0 Å². The van der Waals surface area contributed by atoms with E-state index in [0.717, 1.165) is 30.0 Å². The number of hydrogen-bond acceptors (Lipinski definition) is 4. The number of carbonyl (C=O) groups excluding carboxylic acids is 1. The van der Waals surface area contributed by atoms with Crippen LogP contribution in [0.15, 0.2) is 36.4 Å². The second-order valence-electron chi connectivity index (χ2n) is 5.06. The molecule has 1 amide bonds. The predicted molar refractivity (Wildman–Crippen MR) is 77.8 cm³/mol. The minimum atomic E-state index is -0.479. The maximum Gasteiger partial charge on any atom is 0.278 e. The molecular formula is C16H17NO4. The molecule has 5 nitrogen and oxygen atoms in total. The molecule has 110 valence electrons. The molecule has 0 bridgehead atoms. The molecule has 2 N–H and O–H groups in total. The second-order valence-corrected chi connectivity index (χ2v) is 5.06. The molecule has 0 aromatic heterocycles. The van der Waals surface area contributed by atoms with E-state index in [1.807, 2.05) is 24.3 Å². The van der Waals surface area contributed by atoms with Crippen LogP contribution in [-0.4, -0.2) is 23.9 Å². The number of hydrogen-bond donors (Lipinski definition) is 2. The minimum Gasteiger partial charge on any atom is -0.507 e. The highest BCUT2D eigenvalue weighted by Gasteiger charge is 2.18. The third-order valence-corrected chi connectivity index (χ3v) is 3.53. The quantitative estimate of drug-likeness (QED) is 0.852. The lowest BCUT2D eigenvalue weighted by molar-refractivity contribution is -0.186. The molecule has 2 aromatic carbocycles. The summed E-state index contributed by atoms with van der Waals surface area (Å²) in [6.07, 6.45) is 2.37. The monoisotopic (exact) mass is 287 g/mol. The molecule has 1 saturated heterocycles. The molecule has 1 heterocycles. The highest BCUT2D eigenvalue weighted by molar-refractivity contribution is 6.01. The number of phenolic OH excluding ortho intramolecular Hbond substituents is 1. The lowest BCUT2D eigenvalue weighted by Crippen LogP contribution is -2.33. The van der Waals surface area contributed by atoms with E-state index in [9.17, 15) is 9.90 Å². The fourth-order valence-electron chi connectivity index (χ4n) is 2.39. The van der Waals surface area contributed by atoms with Crippen LogP contribution in [0, 0.1) is 0 Å². The van der Waals surface area contributed by atoms with Gasteiger partial charge in [0.15, 0.2) is 6.29 Å². The Bertz CT molecular complexity index is 650. The summed E-state index contributed by atoms with van der Waals surface area (Å²) in [4.78, 5) is 17.3. The van der Waals surface area contributed by atoms with E-state index in [4.69, 9.17) is 9.57 Å². The molecule has 1 atom stereocenters. The summed E-state index contributed by atoms with van der Waals surface area (Å²) in [5.74, 6) is -0.549. The Morgan fingerprint density at radius 3 is 2.71 bits per heavy atom. The van der Waals surface area contributed by atoms with Crippen molar-refractivity contribution in [2.24, 2.45) is 0 Å². The summed E-state index contributed by atoms with van der Waals surface area (Å²) in [6.45, 7) is 0.641. The largest absolute Gasteiger partial charge is 0.507 e. The zero-order chi connectivity index (χ0) is 14.7. The molecule has 1 aliphatic rings. The second kappa shape index (κ2) is 6.11. The summed E-state index contributed by atoms with van der Waals surface area (Å²) < 4.78 is 5.37. The van der Waals surface area contributed by atoms with Crippen molar-refractivity contribution >= 4 is 16.7 Å². The molecule has 0 saturated carbocycles. The first-order valence-electron chi connectivity index (χ1n) is 7.03. The van der Waals surface area contributed by atoms with Crippen LogP contribution in [0.1, 0.15) is 29.6 Å². The van der Waals surface area contributed by atoms with Crippen LogP contribution in [0.2, 0.25) is 0 Å². The van der Waals surface area contributed by atoms with Gasteiger partial charge in [0.25, 0.3) is 5.91 Å². The van der Waals surface area contributed by atoms with Crippen LogP contribution >= 0.6 is 0 Å². The van der Waals surface area contributed by atoms with Crippen LogP contribution < -0.4 is 5.48 Å². The van der Waals surface area contributed by atoms with E-state index in [2.05, 4.69) is 5.48 Å². The van der Waals surface area contributed by atoms with Crippen molar-refractivity contribution < 1.29 is 19.5 Å². The average Bonchev–Trinajstić information content (AvgIpc) is 2.53. The van der Waals surface area contributed by atoms with Crippen LogP contribution in [-0.2, 0) is 9.57 Å². The fraction of sp³-hybridized carbons (Fsp3) is 0.312. The van der Waals surface area contributed by atoms with Crippen LogP contribution in [0.25, 0.3) is 10.8 Å². The maximum atomic E-state index is 12.1. The van der Waals surface area contributed by atoms with Gasteiger partial charge >= 0.3 is 0 Å². The third-order valence-electron chi connectivity index (χ3n) is 3.53. The van der Waals surface area contributed by atoms with Crippen molar-refractivity contribution in [3.63, 3.8) is 0 Å². The highest BCUT2D eigenvalue weighted by atomic mass is 16.8. The summed E-state index contributed by atoms with van der Waals surface area (Å²) in [7, 11) is 0. The number of aromatic hydroxyl groups is 1. The Morgan fingerprint density at radius 2 is 2.00 bits per heavy atom. The van der Waals surface area contributed by atoms with Crippen molar-refractivity contribution in [1.29, 1.82) is 0 Å². The molecule has 0 aliphatic carbocycles. The highest BCUT2D eigenvalue weighted by Crippen LogP contribution is 2.25. The van der Waals surface area contributed by atoms with Crippen LogP contribution in [0.3, 0.4) is 0 Å². The van der Waals surface area contributed by atoms with E-state index < -0.39 is 12.2 Å². The minimum absolute atomic E-state index is 0.0700. The van der Waals surface area contributed by atoms with E-state index >= 15 is 0 Å². The molecular weight excluding hydrogens is 270 g/mol. The van der Waals surface area contributed by atoms with Crippen molar-refractivity contribution in [3.05, 3.63) is 42.0 Å². The predicted octanol–water partition coefficient (Wildman–Crippen LogP) is 2.73. The standard InChI is InChI=1S/C16H17NO4/c18-14-10-12-6-2-1-5-11(12)9-13(14)16(19)17-21-15-7-3-4-8-20-15/h1-2,5-6,9-10,15,18H,3-4,7-8H2,(H,17,19). The summed E-state index contributed by atoms with van der Waals surface area (Å²) in [5, 5.41) is 11.7. The number of carbonyl (C=O) groups is 1. The molecule has 0 spiro atoms. The van der Waals surface area contributed by atoms with Gasteiger partial charge < -0.3 is 9.84 Å². The number of benzene rings is 2. The number of amides is 1. The number of nitrogens with one attached hydrogen (secondary N) is 1. The summed E-state index contributed by atoms with van der Waals surface area (Å²) in [5.41, 5.74) is 2.53. The van der Waals surface area contributed by atoms with Gasteiger partial charge in [-0.3, -0.25) is 4.79 Å². The normalized spacial score (nSPS) is 18.6. The smallest absolute Gasteiger partial charge is 0.278 e. The van der Waals surface area contributed by atoms with Crippen molar-refractivity contribution in [1.82, 2.24) is 5.48 Å². The van der Waals surface area contributed by atoms with E-state index in [1.165, 1.54) is 0 Å². The molecule has 2 aromatic rings. The number of phenols is 1. The van der Waals surface area contributed by atoms with Gasteiger partial charge in [0, 0.05) is 13.0 Å². The molecule has 5 heteroatoms. The fourth-order valence-corrected chi connectivity index (χ4v) is 2.39. The zero-order valence-corrected chi connectivity index (χ0v) is 11.5. The Morgan fingerprint density at radius 1 is 1.24 bits per heavy atom. The number of hydroxylamine groups is 1. The van der Waals surface area contributed by atoms with Crippen molar-refractivity contribution in [2.75, 3.05) is 6.61 Å². The van der Waals surface area contributed by atoms with Crippen LogP contribution in [0.4, 0.5) is 0 Å². The lowest BCUT2D eigenvalue weighted by Gasteiger charge is -2.22.